The average Bonchev–Trinajstić information content (AvgIpc) is 2.94. The summed E-state index contributed by atoms with van der Waals surface area (Å²) in [6, 6.07) is 8.72. The maximum Gasteiger partial charge on any atom is 0.123 e. The van der Waals surface area contributed by atoms with Crippen molar-refractivity contribution in [2.24, 2.45) is 11.5 Å². The molecule has 1 heterocycles. The summed E-state index contributed by atoms with van der Waals surface area (Å²) in [6.07, 6.45) is 1.81. The van der Waals surface area contributed by atoms with Crippen LogP contribution in [0.5, 0.6) is 0 Å². The zero-order valence-electron chi connectivity index (χ0n) is 10.8. The lowest BCUT2D eigenvalue weighted by molar-refractivity contribution is 0.507. The van der Waals surface area contributed by atoms with E-state index in [0.717, 1.165) is 18.4 Å². The average molecular weight is 278 g/mol. The Morgan fingerprint density at radius 3 is 2.47 bits per heavy atom. The van der Waals surface area contributed by atoms with E-state index in [1.165, 1.54) is 17.7 Å². The normalized spacial score (nSPS) is 14.3. The first-order valence-electron chi connectivity index (χ1n) is 6.43. The van der Waals surface area contributed by atoms with Gasteiger partial charge in [0.2, 0.25) is 0 Å². The van der Waals surface area contributed by atoms with Crippen LogP contribution in [0.4, 0.5) is 4.39 Å². The maximum absolute atomic E-state index is 12.9. The van der Waals surface area contributed by atoms with Crippen LogP contribution in [0, 0.1) is 5.82 Å². The lowest BCUT2D eigenvalue weighted by atomic mass is 9.88. The van der Waals surface area contributed by atoms with Crippen molar-refractivity contribution in [1.29, 1.82) is 0 Å². The lowest BCUT2D eigenvalue weighted by Crippen LogP contribution is -2.36. The summed E-state index contributed by atoms with van der Waals surface area (Å²) in [6.45, 7) is 0.476. The van der Waals surface area contributed by atoms with E-state index in [9.17, 15) is 4.39 Å². The van der Waals surface area contributed by atoms with Gasteiger partial charge in [0.25, 0.3) is 0 Å². The van der Waals surface area contributed by atoms with Crippen LogP contribution in [0.15, 0.2) is 41.1 Å². The highest BCUT2D eigenvalue weighted by atomic mass is 32.1. The third-order valence-electron chi connectivity index (χ3n) is 3.42. The van der Waals surface area contributed by atoms with E-state index in [-0.39, 0.29) is 17.8 Å². The van der Waals surface area contributed by atoms with Crippen LogP contribution in [-0.4, -0.2) is 12.6 Å². The van der Waals surface area contributed by atoms with Crippen LogP contribution < -0.4 is 11.5 Å². The smallest absolute Gasteiger partial charge is 0.123 e. The van der Waals surface area contributed by atoms with Crippen molar-refractivity contribution in [3.05, 3.63) is 58.0 Å². The number of benzene rings is 1. The fourth-order valence-electron chi connectivity index (χ4n) is 2.25. The molecule has 0 amide bonds. The summed E-state index contributed by atoms with van der Waals surface area (Å²) in [5.74, 6) is 0.0677. The summed E-state index contributed by atoms with van der Waals surface area (Å²) in [5.41, 5.74) is 14.2. The molecule has 2 unspecified atom stereocenters. The summed E-state index contributed by atoms with van der Waals surface area (Å²) >= 11 is 1.67. The molecule has 0 radical (unpaired) electrons. The van der Waals surface area contributed by atoms with E-state index in [0.29, 0.717) is 6.54 Å². The van der Waals surface area contributed by atoms with Crippen molar-refractivity contribution < 1.29 is 4.39 Å². The van der Waals surface area contributed by atoms with Crippen molar-refractivity contribution >= 4 is 11.3 Å². The van der Waals surface area contributed by atoms with E-state index in [2.05, 4.69) is 16.8 Å². The van der Waals surface area contributed by atoms with E-state index in [1.54, 1.807) is 11.3 Å². The van der Waals surface area contributed by atoms with Crippen molar-refractivity contribution in [2.75, 3.05) is 6.54 Å². The van der Waals surface area contributed by atoms with Crippen LogP contribution in [0.3, 0.4) is 0 Å². The lowest BCUT2D eigenvalue weighted by Gasteiger charge is -2.22. The van der Waals surface area contributed by atoms with E-state index >= 15 is 0 Å². The van der Waals surface area contributed by atoms with Gasteiger partial charge >= 0.3 is 0 Å². The monoisotopic (exact) mass is 278 g/mol. The van der Waals surface area contributed by atoms with Gasteiger partial charge in [-0.1, -0.05) is 12.1 Å². The zero-order valence-corrected chi connectivity index (χ0v) is 11.6. The number of hydrogen-bond donors (Lipinski definition) is 2. The fraction of sp³-hybridized carbons (Fsp3) is 0.333. The highest BCUT2D eigenvalue weighted by Gasteiger charge is 2.19. The third kappa shape index (κ3) is 3.86. The second kappa shape index (κ2) is 6.80. The van der Waals surface area contributed by atoms with Gasteiger partial charge in [-0.05, 0) is 52.9 Å². The molecule has 2 atom stereocenters. The van der Waals surface area contributed by atoms with Gasteiger partial charge in [-0.2, -0.15) is 11.3 Å². The maximum atomic E-state index is 12.9. The fourth-order valence-corrected chi connectivity index (χ4v) is 2.98. The molecule has 0 bridgehead atoms. The summed E-state index contributed by atoms with van der Waals surface area (Å²) in [5, 5.41) is 4.19. The number of thiophene rings is 1. The van der Waals surface area contributed by atoms with Crippen molar-refractivity contribution in [3.63, 3.8) is 0 Å². The SMILES string of the molecule is NCC(N)C(CCc1ccc(F)cc1)c1ccsc1. The van der Waals surface area contributed by atoms with Gasteiger partial charge < -0.3 is 11.5 Å². The second-order valence-corrected chi connectivity index (χ2v) is 5.51. The number of halogens is 1. The first-order chi connectivity index (χ1) is 9.20. The quantitative estimate of drug-likeness (QED) is 0.853. The minimum absolute atomic E-state index is 0.0324. The van der Waals surface area contributed by atoms with Crippen LogP contribution in [-0.2, 0) is 6.42 Å². The standard InChI is InChI=1S/C15H19FN2S/c16-13-4-1-11(2-5-13)3-6-14(15(18)9-17)12-7-8-19-10-12/h1-2,4-5,7-8,10,14-15H,3,6,9,17-18H2. The van der Waals surface area contributed by atoms with Crippen LogP contribution in [0.2, 0.25) is 0 Å². The molecule has 0 spiro atoms. The molecule has 0 saturated carbocycles. The van der Waals surface area contributed by atoms with Gasteiger partial charge in [0, 0.05) is 18.5 Å². The number of nitrogens with two attached hydrogens (primary N) is 2. The minimum Gasteiger partial charge on any atom is -0.329 e. The zero-order chi connectivity index (χ0) is 13.7. The molecule has 4 N–H and O–H groups in total. The van der Waals surface area contributed by atoms with Crippen molar-refractivity contribution in [2.45, 2.75) is 24.8 Å². The Kier molecular flexibility index (Phi) is 5.07. The molecule has 0 saturated heterocycles. The molecule has 102 valence electrons. The molecular formula is C15H19FN2S. The summed E-state index contributed by atoms with van der Waals surface area (Å²) < 4.78 is 12.9. The van der Waals surface area contributed by atoms with Gasteiger partial charge in [-0.3, -0.25) is 0 Å². The molecule has 4 heteroatoms. The van der Waals surface area contributed by atoms with Crippen LogP contribution >= 0.6 is 11.3 Å². The molecule has 2 nitrogen and oxygen atoms in total. The topological polar surface area (TPSA) is 52.0 Å². The molecule has 19 heavy (non-hydrogen) atoms. The number of rotatable bonds is 6. The van der Waals surface area contributed by atoms with Crippen molar-refractivity contribution in [1.82, 2.24) is 0 Å². The minimum atomic E-state index is -0.197. The molecule has 2 aromatic rings. The Morgan fingerprint density at radius 2 is 1.89 bits per heavy atom. The number of aryl methyl sites for hydroxylation is 1. The van der Waals surface area contributed by atoms with Gasteiger partial charge in [0.1, 0.15) is 5.82 Å². The Hall–Kier alpha value is -1.23. The Labute approximate surface area is 117 Å². The Morgan fingerprint density at radius 1 is 1.16 bits per heavy atom. The van der Waals surface area contributed by atoms with Gasteiger partial charge in [-0.15, -0.1) is 0 Å². The van der Waals surface area contributed by atoms with Gasteiger partial charge in [0.15, 0.2) is 0 Å². The molecular weight excluding hydrogens is 259 g/mol. The van der Waals surface area contributed by atoms with E-state index < -0.39 is 0 Å². The largest absolute Gasteiger partial charge is 0.329 e. The van der Waals surface area contributed by atoms with Gasteiger partial charge in [0.05, 0.1) is 0 Å². The van der Waals surface area contributed by atoms with E-state index in [4.69, 9.17) is 11.5 Å². The molecule has 2 rings (SSSR count). The molecule has 1 aromatic heterocycles. The molecule has 0 aliphatic carbocycles. The number of hydrogen-bond acceptors (Lipinski definition) is 3. The predicted molar refractivity (Wildman–Crippen MR) is 78.8 cm³/mol. The second-order valence-electron chi connectivity index (χ2n) is 4.73. The summed E-state index contributed by atoms with van der Waals surface area (Å²) in [4.78, 5) is 0. The Bertz CT molecular complexity index is 481. The molecule has 0 aliphatic heterocycles. The highest BCUT2D eigenvalue weighted by molar-refractivity contribution is 7.07. The van der Waals surface area contributed by atoms with Gasteiger partial charge in [-0.25, -0.2) is 4.39 Å². The molecule has 0 fully saturated rings. The third-order valence-corrected chi connectivity index (χ3v) is 4.12. The summed E-state index contributed by atoms with van der Waals surface area (Å²) in [7, 11) is 0. The van der Waals surface area contributed by atoms with Crippen LogP contribution in [0.1, 0.15) is 23.5 Å². The predicted octanol–water partition coefficient (Wildman–Crippen LogP) is 2.89. The molecule has 1 aromatic carbocycles. The van der Waals surface area contributed by atoms with E-state index in [1.807, 2.05) is 12.1 Å². The van der Waals surface area contributed by atoms with Crippen LogP contribution in [0.25, 0.3) is 0 Å². The highest BCUT2D eigenvalue weighted by Crippen LogP contribution is 2.26. The Balaban J connectivity index is 2.02. The first-order valence-corrected chi connectivity index (χ1v) is 7.37. The molecule has 0 aliphatic rings. The van der Waals surface area contributed by atoms with Crippen molar-refractivity contribution in [3.8, 4) is 0 Å². The first kappa shape index (κ1) is 14.2.